The number of rotatable bonds is 5. The SMILES string of the molecule is Cc1ccc(C)c(Oc2cc(NC(=O)c3ccn(C)n3)cc([N+](=O)[O-])c2)c1. The summed E-state index contributed by atoms with van der Waals surface area (Å²) in [5.74, 6) is 0.389. The lowest BCUT2D eigenvalue weighted by molar-refractivity contribution is -0.384. The molecule has 8 nitrogen and oxygen atoms in total. The van der Waals surface area contributed by atoms with Crippen LogP contribution in [-0.4, -0.2) is 20.6 Å². The van der Waals surface area contributed by atoms with Crippen molar-refractivity contribution in [1.82, 2.24) is 9.78 Å². The van der Waals surface area contributed by atoms with E-state index in [1.54, 1.807) is 19.3 Å². The minimum atomic E-state index is -0.535. The summed E-state index contributed by atoms with van der Waals surface area (Å²) in [6, 6.07) is 11.4. The fraction of sp³-hybridized carbons (Fsp3) is 0.158. The van der Waals surface area contributed by atoms with E-state index in [2.05, 4.69) is 10.4 Å². The van der Waals surface area contributed by atoms with Crippen LogP contribution < -0.4 is 10.1 Å². The highest BCUT2D eigenvalue weighted by Crippen LogP contribution is 2.31. The number of carbonyl (C=O) groups excluding carboxylic acids is 1. The van der Waals surface area contributed by atoms with E-state index in [9.17, 15) is 14.9 Å². The van der Waals surface area contributed by atoms with Crippen molar-refractivity contribution < 1.29 is 14.5 Å². The Morgan fingerprint density at radius 2 is 1.96 bits per heavy atom. The number of nitro benzene ring substituents is 1. The van der Waals surface area contributed by atoms with Gasteiger partial charge in [0, 0.05) is 25.4 Å². The number of carbonyl (C=O) groups is 1. The number of hydrogen-bond donors (Lipinski definition) is 1. The molecule has 1 amide bonds. The molecule has 0 aliphatic heterocycles. The second-order valence-electron chi connectivity index (χ2n) is 6.17. The van der Waals surface area contributed by atoms with Crippen molar-refractivity contribution >= 4 is 17.3 Å². The van der Waals surface area contributed by atoms with E-state index in [0.717, 1.165) is 11.1 Å². The summed E-state index contributed by atoms with van der Waals surface area (Å²) in [6.07, 6.45) is 1.64. The average molecular weight is 366 g/mol. The number of benzene rings is 2. The van der Waals surface area contributed by atoms with E-state index >= 15 is 0 Å². The lowest BCUT2D eigenvalue weighted by atomic mass is 10.1. The molecule has 138 valence electrons. The van der Waals surface area contributed by atoms with E-state index in [-0.39, 0.29) is 22.8 Å². The molecule has 0 saturated carbocycles. The molecule has 0 aliphatic carbocycles. The lowest BCUT2D eigenvalue weighted by Crippen LogP contribution is -2.13. The van der Waals surface area contributed by atoms with Crippen molar-refractivity contribution in [2.45, 2.75) is 13.8 Å². The maximum absolute atomic E-state index is 12.3. The van der Waals surface area contributed by atoms with Crippen molar-refractivity contribution in [3.63, 3.8) is 0 Å². The smallest absolute Gasteiger partial charge is 0.276 e. The highest BCUT2D eigenvalue weighted by Gasteiger charge is 2.15. The van der Waals surface area contributed by atoms with Crippen LogP contribution in [0, 0.1) is 24.0 Å². The molecular formula is C19H18N4O4. The van der Waals surface area contributed by atoms with Gasteiger partial charge in [-0.05, 0) is 37.1 Å². The van der Waals surface area contributed by atoms with Gasteiger partial charge in [0.1, 0.15) is 11.5 Å². The molecule has 3 aromatic rings. The number of anilines is 1. The van der Waals surface area contributed by atoms with Gasteiger partial charge in [-0.15, -0.1) is 0 Å². The first kappa shape index (κ1) is 18.1. The van der Waals surface area contributed by atoms with Crippen LogP contribution in [0.4, 0.5) is 11.4 Å². The van der Waals surface area contributed by atoms with Gasteiger partial charge in [0.25, 0.3) is 11.6 Å². The Labute approximate surface area is 155 Å². The number of aryl methyl sites for hydroxylation is 3. The lowest BCUT2D eigenvalue weighted by Gasteiger charge is -2.11. The number of aromatic nitrogens is 2. The number of ether oxygens (including phenoxy) is 1. The summed E-state index contributed by atoms with van der Waals surface area (Å²) >= 11 is 0. The van der Waals surface area contributed by atoms with Crippen molar-refractivity contribution in [3.05, 3.63) is 75.6 Å². The number of nitrogens with one attached hydrogen (secondary N) is 1. The Balaban J connectivity index is 1.91. The highest BCUT2D eigenvalue weighted by molar-refractivity contribution is 6.03. The zero-order valence-electron chi connectivity index (χ0n) is 15.1. The zero-order valence-corrected chi connectivity index (χ0v) is 15.1. The maximum Gasteiger partial charge on any atom is 0.276 e. The maximum atomic E-state index is 12.3. The minimum absolute atomic E-state index is 0.186. The van der Waals surface area contributed by atoms with Crippen LogP contribution in [0.1, 0.15) is 21.6 Å². The van der Waals surface area contributed by atoms with Gasteiger partial charge < -0.3 is 10.1 Å². The molecule has 0 bridgehead atoms. The minimum Gasteiger partial charge on any atom is -0.457 e. The first-order chi connectivity index (χ1) is 12.8. The molecule has 3 rings (SSSR count). The zero-order chi connectivity index (χ0) is 19.6. The van der Waals surface area contributed by atoms with Crippen LogP contribution in [0.15, 0.2) is 48.7 Å². The topological polar surface area (TPSA) is 99.3 Å². The number of nitro groups is 1. The molecule has 1 N–H and O–H groups in total. The van der Waals surface area contributed by atoms with Crippen LogP contribution in [0.2, 0.25) is 0 Å². The monoisotopic (exact) mass is 366 g/mol. The van der Waals surface area contributed by atoms with Gasteiger partial charge in [-0.25, -0.2) is 0 Å². The van der Waals surface area contributed by atoms with Gasteiger partial charge in [-0.1, -0.05) is 12.1 Å². The second kappa shape index (κ2) is 7.28. The first-order valence-corrected chi connectivity index (χ1v) is 8.17. The van der Waals surface area contributed by atoms with Crippen LogP contribution in [-0.2, 0) is 7.05 Å². The first-order valence-electron chi connectivity index (χ1n) is 8.17. The Morgan fingerprint density at radius 1 is 1.19 bits per heavy atom. The summed E-state index contributed by atoms with van der Waals surface area (Å²) in [5, 5.41) is 17.9. The third-order valence-corrected chi connectivity index (χ3v) is 3.88. The Kier molecular flexibility index (Phi) is 4.89. The summed E-state index contributed by atoms with van der Waals surface area (Å²) in [5.41, 5.74) is 2.17. The predicted molar refractivity (Wildman–Crippen MR) is 100 cm³/mol. The van der Waals surface area contributed by atoms with Gasteiger partial charge in [0.15, 0.2) is 5.69 Å². The molecule has 1 aromatic heterocycles. The van der Waals surface area contributed by atoms with Crippen molar-refractivity contribution in [2.24, 2.45) is 7.05 Å². The Morgan fingerprint density at radius 3 is 2.63 bits per heavy atom. The molecule has 2 aromatic carbocycles. The van der Waals surface area contributed by atoms with E-state index in [0.29, 0.717) is 5.75 Å². The quantitative estimate of drug-likeness (QED) is 0.544. The molecule has 1 heterocycles. The molecule has 0 unspecified atom stereocenters. The fourth-order valence-corrected chi connectivity index (χ4v) is 2.50. The highest BCUT2D eigenvalue weighted by atomic mass is 16.6. The fourth-order valence-electron chi connectivity index (χ4n) is 2.50. The molecule has 0 aliphatic rings. The summed E-state index contributed by atoms with van der Waals surface area (Å²) in [7, 11) is 1.69. The molecular weight excluding hydrogens is 348 g/mol. The van der Waals surface area contributed by atoms with E-state index in [1.807, 2.05) is 32.0 Å². The largest absolute Gasteiger partial charge is 0.457 e. The molecule has 0 spiro atoms. The molecule has 27 heavy (non-hydrogen) atoms. The van der Waals surface area contributed by atoms with Crippen molar-refractivity contribution in [3.8, 4) is 11.5 Å². The molecule has 8 heteroatoms. The third kappa shape index (κ3) is 4.30. The van der Waals surface area contributed by atoms with E-state index in [1.165, 1.54) is 22.9 Å². The van der Waals surface area contributed by atoms with Crippen molar-refractivity contribution in [2.75, 3.05) is 5.32 Å². The Hall–Kier alpha value is -3.68. The van der Waals surface area contributed by atoms with Gasteiger partial charge >= 0.3 is 0 Å². The normalized spacial score (nSPS) is 10.5. The molecule has 0 saturated heterocycles. The van der Waals surface area contributed by atoms with Crippen LogP contribution in [0.5, 0.6) is 11.5 Å². The molecule has 0 radical (unpaired) electrons. The van der Waals surface area contributed by atoms with E-state index in [4.69, 9.17) is 4.74 Å². The van der Waals surface area contributed by atoms with Gasteiger partial charge in [-0.3, -0.25) is 19.6 Å². The Bertz CT molecular complexity index is 1030. The standard InChI is InChI=1S/C19H18N4O4/c1-12-4-5-13(2)18(8-12)27-16-10-14(9-15(11-16)23(25)26)20-19(24)17-6-7-22(3)21-17/h4-11H,1-3H3,(H,20,24). The van der Waals surface area contributed by atoms with Crippen LogP contribution in [0.3, 0.4) is 0 Å². The number of nitrogens with zero attached hydrogens (tertiary/aromatic N) is 3. The number of non-ortho nitro benzene ring substituents is 1. The van der Waals surface area contributed by atoms with Crippen LogP contribution in [0.25, 0.3) is 0 Å². The summed E-state index contributed by atoms with van der Waals surface area (Å²) < 4.78 is 7.33. The number of amides is 1. The number of hydrogen-bond acceptors (Lipinski definition) is 5. The van der Waals surface area contributed by atoms with Gasteiger partial charge in [0.2, 0.25) is 0 Å². The molecule has 0 fully saturated rings. The third-order valence-electron chi connectivity index (χ3n) is 3.88. The van der Waals surface area contributed by atoms with E-state index < -0.39 is 10.8 Å². The summed E-state index contributed by atoms with van der Waals surface area (Å²) in [4.78, 5) is 23.0. The van der Waals surface area contributed by atoms with Gasteiger partial charge in [-0.2, -0.15) is 5.10 Å². The van der Waals surface area contributed by atoms with Crippen LogP contribution >= 0.6 is 0 Å². The second-order valence-corrected chi connectivity index (χ2v) is 6.17. The average Bonchev–Trinajstić information content (AvgIpc) is 3.04. The van der Waals surface area contributed by atoms with Gasteiger partial charge in [0.05, 0.1) is 16.7 Å². The summed E-state index contributed by atoms with van der Waals surface area (Å²) in [6.45, 7) is 3.81. The predicted octanol–water partition coefficient (Wildman–Crippen LogP) is 3.99. The van der Waals surface area contributed by atoms with Crippen molar-refractivity contribution in [1.29, 1.82) is 0 Å². The molecule has 0 atom stereocenters.